The molecule has 0 aliphatic carbocycles. The van der Waals surface area contributed by atoms with Gasteiger partial charge in [-0.25, -0.2) is 4.98 Å². The highest BCUT2D eigenvalue weighted by Gasteiger charge is 2.45. The highest BCUT2D eigenvalue weighted by atomic mass is 16.5. The van der Waals surface area contributed by atoms with E-state index in [1.807, 2.05) is 84.4 Å². The van der Waals surface area contributed by atoms with Gasteiger partial charge < -0.3 is 24.0 Å². The van der Waals surface area contributed by atoms with Gasteiger partial charge in [-0.2, -0.15) is 0 Å². The number of aryl methyl sites for hydroxylation is 1. The smallest absolute Gasteiger partial charge is 0.295 e. The molecule has 2 unspecified atom stereocenters. The predicted molar refractivity (Wildman–Crippen MR) is 153 cm³/mol. The number of aliphatic hydroxyl groups is 1. The van der Waals surface area contributed by atoms with Crippen molar-refractivity contribution in [3.63, 3.8) is 0 Å². The molecule has 2 aliphatic heterocycles. The van der Waals surface area contributed by atoms with Gasteiger partial charge in [0, 0.05) is 37.5 Å². The lowest BCUT2D eigenvalue weighted by Crippen LogP contribution is -2.31. The standard InChI is InChI=1S/C33H31N3O5/c1-22-18-26-19-25(10-13-28(26)41-22)31(37)29-30(36(33(39)32(29)38)16-5-15-35-17-14-34-21-35)24-8-11-27(12-9-24)40-20-23-6-3-2-4-7-23/h2-4,6-14,17,19,21-22,30,37H,5,15-16,18,20H2,1H3/b31-29+. The molecule has 0 radical (unpaired) electrons. The second-order valence-electron chi connectivity index (χ2n) is 10.4. The topological polar surface area (TPSA) is 93.9 Å². The molecule has 1 N–H and O–H groups in total. The van der Waals surface area contributed by atoms with Gasteiger partial charge in [-0.3, -0.25) is 9.59 Å². The fourth-order valence-electron chi connectivity index (χ4n) is 5.51. The number of imidazole rings is 1. The molecular weight excluding hydrogens is 518 g/mol. The van der Waals surface area contributed by atoms with Gasteiger partial charge in [0.2, 0.25) is 0 Å². The average Bonchev–Trinajstić information content (AvgIpc) is 3.71. The summed E-state index contributed by atoms with van der Waals surface area (Å²) in [5.41, 5.74) is 3.32. The predicted octanol–water partition coefficient (Wildman–Crippen LogP) is 5.30. The van der Waals surface area contributed by atoms with Crippen molar-refractivity contribution < 1.29 is 24.2 Å². The van der Waals surface area contributed by atoms with Gasteiger partial charge >= 0.3 is 0 Å². The second-order valence-corrected chi connectivity index (χ2v) is 10.4. The second kappa shape index (κ2) is 11.3. The van der Waals surface area contributed by atoms with Crippen molar-refractivity contribution in [3.05, 3.63) is 119 Å². The van der Waals surface area contributed by atoms with Crippen molar-refractivity contribution in [1.29, 1.82) is 0 Å². The molecule has 1 aromatic heterocycles. The Morgan fingerprint density at radius 1 is 1.05 bits per heavy atom. The molecule has 0 spiro atoms. The van der Waals surface area contributed by atoms with Crippen molar-refractivity contribution in [1.82, 2.24) is 14.5 Å². The maximum absolute atomic E-state index is 13.4. The molecule has 8 nitrogen and oxygen atoms in total. The molecule has 6 rings (SSSR count). The number of ether oxygens (including phenoxy) is 2. The number of aliphatic hydroxyl groups excluding tert-OH is 1. The molecule has 2 aliphatic rings. The number of hydrogen-bond donors (Lipinski definition) is 1. The Morgan fingerprint density at radius 2 is 1.85 bits per heavy atom. The van der Waals surface area contributed by atoms with E-state index in [1.54, 1.807) is 23.5 Å². The molecular formula is C33H31N3O5. The van der Waals surface area contributed by atoms with Gasteiger partial charge in [-0.15, -0.1) is 0 Å². The van der Waals surface area contributed by atoms with Crippen LogP contribution in [0, 0.1) is 0 Å². The number of ketones is 1. The SMILES string of the molecule is CC1Cc2cc(/C(O)=C3\C(=O)C(=O)N(CCCn4ccnc4)C3c3ccc(OCc4ccccc4)cc3)ccc2O1. The fraction of sp³-hybridized carbons (Fsp3) is 0.242. The Kier molecular flexibility index (Phi) is 7.29. The van der Waals surface area contributed by atoms with Crippen LogP contribution in [-0.2, 0) is 29.2 Å². The number of hydrogen-bond acceptors (Lipinski definition) is 6. The van der Waals surface area contributed by atoms with E-state index >= 15 is 0 Å². The Labute approximate surface area is 238 Å². The van der Waals surface area contributed by atoms with Crippen LogP contribution in [-0.4, -0.2) is 43.9 Å². The largest absolute Gasteiger partial charge is 0.507 e. The summed E-state index contributed by atoms with van der Waals surface area (Å²) < 4.78 is 13.7. The van der Waals surface area contributed by atoms with E-state index in [9.17, 15) is 14.7 Å². The third-order valence-corrected chi connectivity index (χ3v) is 7.53. The van der Waals surface area contributed by atoms with Gasteiger partial charge in [0.1, 0.15) is 30.0 Å². The molecule has 1 saturated heterocycles. The lowest BCUT2D eigenvalue weighted by molar-refractivity contribution is -0.139. The Hall–Kier alpha value is -4.85. The lowest BCUT2D eigenvalue weighted by atomic mass is 9.94. The van der Waals surface area contributed by atoms with Crippen LogP contribution in [0.25, 0.3) is 5.76 Å². The van der Waals surface area contributed by atoms with Crippen LogP contribution in [0.15, 0.2) is 97.1 Å². The number of amides is 1. The summed E-state index contributed by atoms with van der Waals surface area (Å²) in [4.78, 5) is 32.4. The van der Waals surface area contributed by atoms with Crippen molar-refractivity contribution in [2.75, 3.05) is 6.54 Å². The summed E-state index contributed by atoms with van der Waals surface area (Å²) in [6, 6.07) is 21.9. The first kappa shape index (κ1) is 26.4. The van der Waals surface area contributed by atoms with Crippen LogP contribution < -0.4 is 9.47 Å². The molecule has 4 aromatic rings. The number of benzene rings is 3. The fourth-order valence-corrected chi connectivity index (χ4v) is 5.51. The monoisotopic (exact) mass is 549 g/mol. The van der Waals surface area contributed by atoms with Gasteiger partial charge in [0.15, 0.2) is 0 Å². The first-order chi connectivity index (χ1) is 20.0. The number of fused-ring (bicyclic) bond motifs is 1. The van der Waals surface area contributed by atoms with E-state index < -0.39 is 17.7 Å². The van der Waals surface area contributed by atoms with E-state index in [-0.39, 0.29) is 17.4 Å². The van der Waals surface area contributed by atoms with Crippen molar-refractivity contribution in [3.8, 4) is 11.5 Å². The zero-order chi connectivity index (χ0) is 28.3. The molecule has 41 heavy (non-hydrogen) atoms. The number of likely N-dealkylation sites (tertiary alicyclic amines) is 1. The number of carbonyl (C=O) groups excluding carboxylic acids is 2. The van der Waals surface area contributed by atoms with E-state index in [1.165, 1.54) is 0 Å². The van der Waals surface area contributed by atoms with E-state index in [0.717, 1.165) is 22.4 Å². The van der Waals surface area contributed by atoms with Crippen molar-refractivity contribution >= 4 is 17.4 Å². The van der Waals surface area contributed by atoms with Crippen LogP contribution in [0.5, 0.6) is 11.5 Å². The lowest BCUT2D eigenvalue weighted by Gasteiger charge is -2.25. The first-order valence-electron chi connectivity index (χ1n) is 13.8. The number of aromatic nitrogens is 2. The Bertz CT molecular complexity index is 1580. The van der Waals surface area contributed by atoms with E-state index in [4.69, 9.17) is 9.47 Å². The summed E-state index contributed by atoms with van der Waals surface area (Å²) >= 11 is 0. The molecule has 3 aromatic carbocycles. The molecule has 208 valence electrons. The van der Waals surface area contributed by atoms with Crippen LogP contribution in [0.3, 0.4) is 0 Å². The van der Waals surface area contributed by atoms with Gasteiger partial charge in [0.25, 0.3) is 11.7 Å². The van der Waals surface area contributed by atoms with Crippen molar-refractivity contribution in [2.24, 2.45) is 0 Å². The van der Waals surface area contributed by atoms with Crippen LogP contribution in [0.4, 0.5) is 0 Å². The zero-order valence-electron chi connectivity index (χ0n) is 22.8. The molecule has 2 atom stereocenters. The quantitative estimate of drug-likeness (QED) is 0.173. The molecule has 0 bridgehead atoms. The highest BCUT2D eigenvalue weighted by Crippen LogP contribution is 2.41. The van der Waals surface area contributed by atoms with Gasteiger partial charge in [-0.1, -0.05) is 42.5 Å². The first-order valence-corrected chi connectivity index (χ1v) is 13.8. The number of carbonyl (C=O) groups is 2. The zero-order valence-corrected chi connectivity index (χ0v) is 22.8. The van der Waals surface area contributed by atoms with Gasteiger partial charge in [0.05, 0.1) is 17.9 Å². The minimum atomic E-state index is -0.732. The average molecular weight is 550 g/mol. The Balaban J connectivity index is 1.31. The minimum absolute atomic E-state index is 0.0473. The van der Waals surface area contributed by atoms with Crippen molar-refractivity contribution in [2.45, 2.75) is 45.1 Å². The van der Waals surface area contributed by atoms with E-state index in [2.05, 4.69) is 4.98 Å². The molecule has 3 heterocycles. The minimum Gasteiger partial charge on any atom is -0.507 e. The number of rotatable bonds is 9. The summed E-state index contributed by atoms with van der Waals surface area (Å²) in [5.74, 6) is -0.0504. The number of nitrogens with zero attached hydrogens (tertiary/aromatic N) is 3. The third-order valence-electron chi connectivity index (χ3n) is 7.53. The normalized spacial score (nSPS) is 19.3. The van der Waals surface area contributed by atoms with Crippen LogP contribution in [0.2, 0.25) is 0 Å². The Morgan fingerprint density at radius 3 is 2.61 bits per heavy atom. The summed E-state index contributed by atoms with van der Waals surface area (Å²) in [6.07, 6.45) is 6.66. The summed E-state index contributed by atoms with van der Waals surface area (Å²) in [5, 5.41) is 11.5. The summed E-state index contributed by atoms with van der Waals surface area (Å²) in [7, 11) is 0. The maximum atomic E-state index is 13.4. The molecule has 1 amide bonds. The van der Waals surface area contributed by atoms with E-state index in [0.29, 0.717) is 43.9 Å². The summed E-state index contributed by atoms with van der Waals surface area (Å²) in [6.45, 7) is 3.40. The molecule has 8 heteroatoms. The van der Waals surface area contributed by atoms with Gasteiger partial charge in [-0.05, 0) is 60.4 Å². The van der Waals surface area contributed by atoms with Crippen LogP contribution >= 0.6 is 0 Å². The molecule has 1 fully saturated rings. The number of Topliss-reactive ketones (excluding diaryl/α,β-unsaturated/α-hetero) is 1. The molecule has 0 saturated carbocycles. The highest BCUT2D eigenvalue weighted by molar-refractivity contribution is 6.46. The van der Waals surface area contributed by atoms with Crippen LogP contribution in [0.1, 0.15) is 41.6 Å². The third kappa shape index (κ3) is 5.45. The maximum Gasteiger partial charge on any atom is 0.295 e.